The molecule has 1 saturated heterocycles. The highest BCUT2D eigenvalue weighted by molar-refractivity contribution is 5.79. The van der Waals surface area contributed by atoms with Gasteiger partial charge in [0.2, 0.25) is 0 Å². The molecule has 6 nitrogen and oxygen atoms in total. The summed E-state index contributed by atoms with van der Waals surface area (Å²) in [5.74, 6) is 0.865. The molecule has 0 unspecified atom stereocenters. The Morgan fingerprint density at radius 2 is 1.79 bits per heavy atom. The predicted molar refractivity (Wildman–Crippen MR) is 115 cm³/mol. The minimum atomic E-state index is 0.687. The van der Waals surface area contributed by atoms with Crippen molar-refractivity contribution in [3.05, 3.63) is 53.3 Å². The molecule has 28 heavy (non-hydrogen) atoms. The zero-order chi connectivity index (χ0) is 19.6. The van der Waals surface area contributed by atoms with Crippen molar-refractivity contribution in [1.82, 2.24) is 25.3 Å². The van der Waals surface area contributed by atoms with Crippen LogP contribution in [0.4, 0.5) is 0 Å². The van der Waals surface area contributed by atoms with Crippen LogP contribution in [0.1, 0.15) is 42.9 Å². The maximum atomic E-state index is 4.73. The van der Waals surface area contributed by atoms with Crippen LogP contribution < -0.4 is 10.6 Å². The number of nitrogens with zero attached hydrogens (tertiary/aromatic N) is 4. The van der Waals surface area contributed by atoms with E-state index in [-0.39, 0.29) is 0 Å². The molecule has 0 amide bonds. The van der Waals surface area contributed by atoms with Crippen LogP contribution >= 0.6 is 0 Å². The highest BCUT2D eigenvalue weighted by atomic mass is 15.2. The fraction of sp³-hybridized carbons (Fsp3) is 0.545. The molecule has 0 spiro atoms. The number of aryl methyl sites for hydroxylation is 1. The van der Waals surface area contributed by atoms with E-state index in [0.29, 0.717) is 6.54 Å². The van der Waals surface area contributed by atoms with Crippen molar-refractivity contribution in [2.75, 3.05) is 26.2 Å². The first-order chi connectivity index (χ1) is 13.7. The third-order valence-corrected chi connectivity index (χ3v) is 5.11. The fourth-order valence-electron chi connectivity index (χ4n) is 3.56. The van der Waals surface area contributed by atoms with Gasteiger partial charge in [-0.1, -0.05) is 30.7 Å². The van der Waals surface area contributed by atoms with Crippen molar-refractivity contribution >= 4 is 5.96 Å². The third-order valence-electron chi connectivity index (χ3n) is 5.11. The first kappa shape index (κ1) is 20.4. The Kier molecular flexibility index (Phi) is 7.91. The summed E-state index contributed by atoms with van der Waals surface area (Å²) < 4.78 is 1.84. The average molecular weight is 383 g/mol. The standard InChI is InChI=1S/C22H34N6/c1-3-23-22(24-12-11-21-16-26-27(2)17-21)25-15-19-7-9-20(10-8-19)18-28-13-5-4-6-14-28/h7-10,16-17H,3-6,11-15,18H2,1-2H3,(H2,23,24,25). The lowest BCUT2D eigenvalue weighted by atomic mass is 10.1. The summed E-state index contributed by atoms with van der Waals surface area (Å²) in [6.07, 6.45) is 8.97. The lowest BCUT2D eigenvalue weighted by molar-refractivity contribution is 0.221. The van der Waals surface area contributed by atoms with Crippen LogP contribution in [0.3, 0.4) is 0 Å². The number of nitrogens with one attached hydrogen (secondary N) is 2. The van der Waals surface area contributed by atoms with Gasteiger partial charge in [-0.3, -0.25) is 9.58 Å². The summed E-state index contributed by atoms with van der Waals surface area (Å²) >= 11 is 0. The number of benzene rings is 1. The van der Waals surface area contributed by atoms with Gasteiger partial charge in [0.1, 0.15) is 0 Å². The zero-order valence-electron chi connectivity index (χ0n) is 17.3. The quantitative estimate of drug-likeness (QED) is 0.544. The summed E-state index contributed by atoms with van der Waals surface area (Å²) in [5, 5.41) is 10.9. The van der Waals surface area contributed by atoms with Crippen LogP contribution in [-0.4, -0.2) is 46.8 Å². The van der Waals surface area contributed by atoms with Crippen LogP contribution in [0.25, 0.3) is 0 Å². The smallest absolute Gasteiger partial charge is 0.191 e. The molecular formula is C22H34N6. The topological polar surface area (TPSA) is 57.5 Å². The molecule has 3 rings (SSSR count). The molecule has 1 aromatic carbocycles. The molecule has 0 atom stereocenters. The van der Waals surface area contributed by atoms with Crippen molar-refractivity contribution in [2.45, 2.75) is 45.7 Å². The highest BCUT2D eigenvalue weighted by Crippen LogP contribution is 2.14. The summed E-state index contributed by atoms with van der Waals surface area (Å²) in [4.78, 5) is 7.29. The first-order valence-electron chi connectivity index (χ1n) is 10.5. The van der Waals surface area contributed by atoms with Crippen molar-refractivity contribution in [1.29, 1.82) is 0 Å². The number of rotatable bonds is 8. The lowest BCUT2D eigenvalue weighted by Gasteiger charge is -2.26. The van der Waals surface area contributed by atoms with E-state index in [9.17, 15) is 0 Å². The van der Waals surface area contributed by atoms with Crippen LogP contribution in [0, 0.1) is 0 Å². The number of hydrogen-bond donors (Lipinski definition) is 2. The average Bonchev–Trinajstić information content (AvgIpc) is 3.13. The summed E-state index contributed by atoms with van der Waals surface area (Å²) in [5.41, 5.74) is 3.87. The van der Waals surface area contributed by atoms with Gasteiger partial charge < -0.3 is 10.6 Å². The van der Waals surface area contributed by atoms with E-state index >= 15 is 0 Å². The van der Waals surface area contributed by atoms with E-state index in [1.54, 1.807) is 0 Å². The Hall–Kier alpha value is -2.34. The molecule has 1 aliphatic heterocycles. The number of hydrogen-bond acceptors (Lipinski definition) is 3. The van der Waals surface area contributed by atoms with Gasteiger partial charge >= 0.3 is 0 Å². The molecule has 0 bridgehead atoms. The maximum Gasteiger partial charge on any atom is 0.191 e. The van der Waals surface area contributed by atoms with E-state index in [4.69, 9.17) is 4.99 Å². The van der Waals surface area contributed by atoms with Crippen LogP contribution in [0.15, 0.2) is 41.7 Å². The largest absolute Gasteiger partial charge is 0.357 e. The van der Waals surface area contributed by atoms with Gasteiger partial charge in [-0.15, -0.1) is 0 Å². The van der Waals surface area contributed by atoms with Crippen molar-refractivity contribution in [3.63, 3.8) is 0 Å². The molecule has 1 fully saturated rings. The molecular weight excluding hydrogens is 348 g/mol. The van der Waals surface area contributed by atoms with Crippen molar-refractivity contribution in [3.8, 4) is 0 Å². The van der Waals surface area contributed by atoms with Crippen molar-refractivity contribution < 1.29 is 0 Å². The second kappa shape index (κ2) is 10.9. The van der Waals surface area contributed by atoms with Gasteiger partial charge in [-0.25, -0.2) is 4.99 Å². The molecule has 0 saturated carbocycles. The van der Waals surface area contributed by atoms with E-state index in [1.807, 2.05) is 17.9 Å². The van der Waals surface area contributed by atoms with Gasteiger partial charge in [0, 0.05) is 32.9 Å². The van der Waals surface area contributed by atoms with Gasteiger partial charge in [0.25, 0.3) is 0 Å². The second-order valence-corrected chi connectivity index (χ2v) is 7.55. The van der Waals surface area contributed by atoms with E-state index in [1.165, 1.54) is 49.0 Å². The van der Waals surface area contributed by atoms with Gasteiger partial charge in [-0.05, 0) is 56.0 Å². The zero-order valence-corrected chi connectivity index (χ0v) is 17.3. The molecule has 6 heteroatoms. The Bertz CT molecular complexity index is 728. The van der Waals surface area contributed by atoms with E-state index in [0.717, 1.165) is 32.0 Å². The second-order valence-electron chi connectivity index (χ2n) is 7.55. The fourth-order valence-corrected chi connectivity index (χ4v) is 3.56. The SMILES string of the molecule is CCNC(=NCc1ccc(CN2CCCCC2)cc1)NCCc1cnn(C)c1. The maximum absolute atomic E-state index is 4.73. The number of aromatic nitrogens is 2. The van der Waals surface area contributed by atoms with Crippen LogP contribution in [-0.2, 0) is 26.6 Å². The molecule has 152 valence electrons. The molecule has 1 aromatic heterocycles. The minimum Gasteiger partial charge on any atom is -0.357 e. The summed E-state index contributed by atoms with van der Waals surface area (Å²) in [6.45, 7) is 8.02. The monoisotopic (exact) mass is 382 g/mol. The van der Waals surface area contributed by atoms with Gasteiger partial charge in [-0.2, -0.15) is 5.10 Å². The van der Waals surface area contributed by atoms with Gasteiger partial charge in [0.15, 0.2) is 5.96 Å². The third kappa shape index (κ3) is 6.68. The Balaban J connectivity index is 1.47. The van der Waals surface area contributed by atoms with E-state index < -0.39 is 0 Å². The summed E-state index contributed by atoms with van der Waals surface area (Å²) in [6, 6.07) is 8.92. The number of piperidine rings is 1. The minimum absolute atomic E-state index is 0.687. The molecule has 2 aromatic rings. The molecule has 2 N–H and O–H groups in total. The predicted octanol–water partition coefficient (Wildman–Crippen LogP) is 2.70. The number of guanidine groups is 1. The Morgan fingerprint density at radius 1 is 1.04 bits per heavy atom. The molecule has 2 heterocycles. The number of likely N-dealkylation sites (tertiary alicyclic amines) is 1. The van der Waals surface area contributed by atoms with Gasteiger partial charge in [0.05, 0.1) is 12.7 Å². The van der Waals surface area contributed by atoms with Crippen molar-refractivity contribution in [2.24, 2.45) is 12.0 Å². The lowest BCUT2D eigenvalue weighted by Crippen LogP contribution is -2.38. The van der Waals surface area contributed by atoms with Crippen LogP contribution in [0.5, 0.6) is 0 Å². The van der Waals surface area contributed by atoms with E-state index in [2.05, 4.69) is 58.0 Å². The first-order valence-corrected chi connectivity index (χ1v) is 10.5. The summed E-state index contributed by atoms with van der Waals surface area (Å²) in [7, 11) is 1.94. The normalized spacial score (nSPS) is 15.6. The molecule has 0 radical (unpaired) electrons. The molecule has 1 aliphatic rings. The van der Waals surface area contributed by atoms with Crippen LogP contribution in [0.2, 0.25) is 0 Å². The highest BCUT2D eigenvalue weighted by Gasteiger charge is 2.10. The molecule has 0 aliphatic carbocycles. The number of aliphatic imine (C=N–C) groups is 1. The Morgan fingerprint density at radius 3 is 2.46 bits per heavy atom. The Labute approximate surface area is 169 Å².